The third-order valence-electron chi connectivity index (χ3n) is 3.36. The standard InChI is InChI=1S/C14H15ClO2S/c15-10-4-5-11-9(7-10)8-12(17-11)14(16)13-3-1-2-6-18-13/h4-5,7-8,13-14,16H,1-3,6H2. The molecule has 0 saturated carbocycles. The maximum absolute atomic E-state index is 10.4. The summed E-state index contributed by atoms with van der Waals surface area (Å²) in [5.41, 5.74) is 0.786. The molecule has 96 valence electrons. The normalized spacial score (nSPS) is 22.2. The van der Waals surface area contributed by atoms with Crippen molar-refractivity contribution in [2.24, 2.45) is 0 Å². The number of benzene rings is 1. The quantitative estimate of drug-likeness (QED) is 0.886. The molecule has 4 heteroatoms. The second-order valence-electron chi connectivity index (χ2n) is 4.68. The first-order valence-corrected chi connectivity index (χ1v) is 7.65. The number of aliphatic hydroxyl groups is 1. The van der Waals surface area contributed by atoms with Crippen molar-refractivity contribution in [2.45, 2.75) is 30.6 Å². The fourth-order valence-electron chi connectivity index (χ4n) is 2.38. The molecule has 1 N–H and O–H groups in total. The lowest BCUT2D eigenvalue weighted by Crippen LogP contribution is -2.18. The molecule has 2 nitrogen and oxygen atoms in total. The summed E-state index contributed by atoms with van der Waals surface area (Å²) in [5, 5.41) is 12.3. The number of furan rings is 1. The largest absolute Gasteiger partial charge is 0.458 e. The highest BCUT2D eigenvalue weighted by Crippen LogP contribution is 2.36. The van der Waals surface area contributed by atoms with Crippen LogP contribution in [0.1, 0.15) is 31.1 Å². The maximum atomic E-state index is 10.4. The van der Waals surface area contributed by atoms with Gasteiger partial charge in [0.15, 0.2) is 0 Å². The zero-order chi connectivity index (χ0) is 12.5. The van der Waals surface area contributed by atoms with E-state index in [2.05, 4.69) is 0 Å². The molecule has 0 bridgehead atoms. The zero-order valence-corrected chi connectivity index (χ0v) is 11.5. The first-order chi connectivity index (χ1) is 8.74. The van der Waals surface area contributed by atoms with Gasteiger partial charge in [-0.2, -0.15) is 11.8 Å². The van der Waals surface area contributed by atoms with Crippen molar-refractivity contribution in [3.63, 3.8) is 0 Å². The topological polar surface area (TPSA) is 33.4 Å². The summed E-state index contributed by atoms with van der Waals surface area (Å²) in [7, 11) is 0. The van der Waals surface area contributed by atoms with Crippen molar-refractivity contribution in [3.05, 3.63) is 35.0 Å². The van der Waals surface area contributed by atoms with Crippen molar-refractivity contribution in [3.8, 4) is 0 Å². The average molecular weight is 283 g/mol. The summed E-state index contributed by atoms with van der Waals surface area (Å²) in [5.74, 6) is 1.79. The SMILES string of the molecule is OC(c1cc2cc(Cl)ccc2o1)C1CCCCS1. The summed E-state index contributed by atoms with van der Waals surface area (Å²) >= 11 is 7.79. The molecular weight excluding hydrogens is 268 g/mol. The van der Waals surface area contributed by atoms with Gasteiger partial charge in [0.1, 0.15) is 17.4 Å². The highest BCUT2D eigenvalue weighted by Gasteiger charge is 2.26. The molecule has 2 heterocycles. The lowest BCUT2D eigenvalue weighted by atomic mass is 10.1. The summed E-state index contributed by atoms with van der Waals surface area (Å²) in [6.45, 7) is 0. The Kier molecular flexibility index (Phi) is 3.55. The molecule has 1 fully saturated rings. The number of fused-ring (bicyclic) bond motifs is 1. The van der Waals surface area contributed by atoms with E-state index in [0.29, 0.717) is 10.8 Å². The lowest BCUT2D eigenvalue weighted by molar-refractivity contribution is 0.144. The molecule has 1 aromatic carbocycles. The minimum absolute atomic E-state index is 0.259. The van der Waals surface area contributed by atoms with Gasteiger partial charge in [-0.05, 0) is 42.9 Å². The second-order valence-corrected chi connectivity index (χ2v) is 6.46. The van der Waals surface area contributed by atoms with E-state index in [1.54, 1.807) is 6.07 Å². The van der Waals surface area contributed by atoms with E-state index in [9.17, 15) is 5.11 Å². The smallest absolute Gasteiger partial charge is 0.134 e. The molecule has 1 saturated heterocycles. The van der Waals surface area contributed by atoms with Crippen molar-refractivity contribution >= 4 is 34.3 Å². The van der Waals surface area contributed by atoms with Gasteiger partial charge in [0.2, 0.25) is 0 Å². The van der Waals surface area contributed by atoms with Gasteiger partial charge >= 0.3 is 0 Å². The Morgan fingerprint density at radius 2 is 2.22 bits per heavy atom. The van der Waals surface area contributed by atoms with Crippen LogP contribution >= 0.6 is 23.4 Å². The summed E-state index contributed by atoms with van der Waals surface area (Å²) in [6.07, 6.45) is 3.00. The third kappa shape index (κ3) is 2.40. The molecule has 0 radical (unpaired) electrons. The summed E-state index contributed by atoms with van der Waals surface area (Å²) < 4.78 is 5.72. The van der Waals surface area contributed by atoms with Crippen molar-refractivity contribution in [1.82, 2.24) is 0 Å². The van der Waals surface area contributed by atoms with Crippen molar-refractivity contribution in [2.75, 3.05) is 5.75 Å². The van der Waals surface area contributed by atoms with Crippen LogP contribution in [0.2, 0.25) is 5.02 Å². The molecule has 0 amide bonds. The Morgan fingerprint density at radius 1 is 1.33 bits per heavy atom. The molecule has 1 aromatic heterocycles. The highest BCUT2D eigenvalue weighted by atomic mass is 35.5. The molecule has 2 aromatic rings. The molecule has 1 aliphatic rings. The fraction of sp³-hybridized carbons (Fsp3) is 0.429. The number of thioether (sulfide) groups is 1. The molecule has 0 spiro atoms. The van der Waals surface area contributed by atoms with Crippen LogP contribution in [0.25, 0.3) is 11.0 Å². The minimum Gasteiger partial charge on any atom is -0.458 e. The number of hydrogen-bond donors (Lipinski definition) is 1. The molecule has 2 atom stereocenters. The molecule has 2 unspecified atom stereocenters. The number of aliphatic hydroxyl groups excluding tert-OH is 1. The minimum atomic E-state index is -0.513. The van der Waals surface area contributed by atoms with Gasteiger partial charge in [0.05, 0.1) is 0 Å². The van der Waals surface area contributed by atoms with Crippen LogP contribution < -0.4 is 0 Å². The Morgan fingerprint density at radius 3 is 3.00 bits per heavy atom. The molecule has 18 heavy (non-hydrogen) atoms. The Hall–Kier alpha value is -0.640. The van der Waals surface area contributed by atoms with Crippen molar-refractivity contribution < 1.29 is 9.52 Å². The predicted molar refractivity (Wildman–Crippen MR) is 76.3 cm³/mol. The van der Waals surface area contributed by atoms with E-state index in [0.717, 1.165) is 23.1 Å². The molecule has 1 aliphatic heterocycles. The average Bonchev–Trinajstić information content (AvgIpc) is 2.81. The summed E-state index contributed by atoms with van der Waals surface area (Å²) in [4.78, 5) is 0. The maximum Gasteiger partial charge on any atom is 0.134 e. The monoisotopic (exact) mass is 282 g/mol. The van der Waals surface area contributed by atoms with E-state index in [1.165, 1.54) is 12.8 Å². The molecule has 0 aliphatic carbocycles. The lowest BCUT2D eigenvalue weighted by Gasteiger charge is -2.24. The van der Waals surface area contributed by atoms with E-state index in [4.69, 9.17) is 16.0 Å². The third-order valence-corrected chi connectivity index (χ3v) is 5.04. The van der Waals surface area contributed by atoms with E-state index < -0.39 is 6.10 Å². The van der Waals surface area contributed by atoms with E-state index in [1.807, 2.05) is 30.0 Å². The van der Waals surface area contributed by atoms with Gasteiger partial charge in [0, 0.05) is 15.7 Å². The van der Waals surface area contributed by atoms with Gasteiger partial charge in [-0.1, -0.05) is 18.0 Å². The predicted octanol–water partition coefficient (Wildman–Crippen LogP) is 4.41. The second kappa shape index (κ2) is 5.16. The Balaban J connectivity index is 1.88. The highest BCUT2D eigenvalue weighted by molar-refractivity contribution is 7.99. The van der Waals surface area contributed by atoms with Crippen LogP contribution in [-0.2, 0) is 0 Å². The Labute approximate surface area is 115 Å². The van der Waals surface area contributed by atoms with Gasteiger partial charge < -0.3 is 9.52 Å². The summed E-state index contributed by atoms with van der Waals surface area (Å²) in [6, 6.07) is 7.42. The van der Waals surface area contributed by atoms with Gasteiger partial charge in [0.25, 0.3) is 0 Å². The van der Waals surface area contributed by atoms with E-state index in [-0.39, 0.29) is 5.25 Å². The van der Waals surface area contributed by atoms with Crippen LogP contribution in [0.3, 0.4) is 0 Å². The van der Waals surface area contributed by atoms with Crippen LogP contribution in [-0.4, -0.2) is 16.1 Å². The molecular formula is C14H15ClO2S. The number of hydrogen-bond acceptors (Lipinski definition) is 3. The van der Waals surface area contributed by atoms with Crippen LogP contribution in [0.5, 0.6) is 0 Å². The van der Waals surface area contributed by atoms with Gasteiger partial charge in [-0.15, -0.1) is 0 Å². The van der Waals surface area contributed by atoms with Gasteiger partial charge in [-0.25, -0.2) is 0 Å². The molecule has 3 rings (SSSR count). The van der Waals surface area contributed by atoms with Crippen molar-refractivity contribution in [1.29, 1.82) is 0 Å². The first kappa shape index (κ1) is 12.4. The first-order valence-electron chi connectivity index (χ1n) is 6.23. The number of halogens is 1. The number of rotatable bonds is 2. The van der Waals surface area contributed by atoms with Crippen LogP contribution in [0.4, 0.5) is 0 Å². The zero-order valence-electron chi connectivity index (χ0n) is 9.93. The Bertz CT molecular complexity index is 546. The fourth-order valence-corrected chi connectivity index (χ4v) is 3.88. The van der Waals surface area contributed by atoms with Crippen LogP contribution in [0, 0.1) is 0 Å². The van der Waals surface area contributed by atoms with Gasteiger partial charge in [-0.3, -0.25) is 0 Å². The van der Waals surface area contributed by atoms with Crippen LogP contribution in [0.15, 0.2) is 28.7 Å². The van der Waals surface area contributed by atoms with E-state index >= 15 is 0 Å².